The number of hydrogen-bond acceptors (Lipinski definition) is 3. The Balaban J connectivity index is 1.37. The Kier molecular flexibility index (Phi) is 7.42. The van der Waals surface area contributed by atoms with Crippen LogP contribution in [0.1, 0.15) is 55.8 Å². The Morgan fingerprint density at radius 2 is 1.90 bits per heavy atom. The lowest BCUT2D eigenvalue weighted by Crippen LogP contribution is -2.20. The van der Waals surface area contributed by atoms with Crippen molar-refractivity contribution in [1.82, 2.24) is 15.1 Å². The van der Waals surface area contributed by atoms with Gasteiger partial charge in [-0.05, 0) is 94.1 Å². The van der Waals surface area contributed by atoms with E-state index in [1.54, 1.807) is 0 Å². The van der Waals surface area contributed by atoms with E-state index in [4.69, 9.17) is 0 Å². The topological polar surface area (TPSA) is 35.2 Å². The third-order valence-electron chi connectivity index (χ3n) is 6.29. The molecule has 1 aliphatic rings. The van der Waals surface area contributed by atoms with Gasteiger partial charge in [0.25, 0.3) is 0 Å². The number of rotatable bonds is 10. The van der Waals surface area contributed by atoms with Gasteiger partial charge in [0.1, 0.15) is 0 Å². The van der Waals surface area contributed by atoms with Crippen LogP contribution in [0.4, 0.5) is 5.69 Å². The van der Waals surface area contributed by atoms with E-state index in [1.807, 2.05) is 0 Å². The number of unbranched alkanes of at least 4 members (excludes halogenated alkanes) is 1. The van der Waals surface area contributed by atoms with Crippen molar-refractivity contribution in [3.05, 3.63) is 59.3 Å². The van der Waals surface area contributed by atoms with E-state index < -0.39 is 0 Å². The smallest absolute Gasteiger partial charge is 0.0927 e. The minimum Gasteiger partial charge on any atom is -0.371 e. The van der Waals surface area contributed by atoms with Crippen LogP contribution in [-0.2, 0) is 6.42 Å². The molecular weight excluding hydrogens is 380 g/mol. The molecule has 4 rings (SSSR count). The SMILES string of the molecule is CCCN(C)CCCCc1cccc(/C=C/c2n[nH]c3cc(N4CCCC4)ccc23)c1. The summed E-state index contributed by atoms with van der Waals surface area (Å²) < 4.78 is 0. The minimum absolute atomic E-state index is 1.01. The van der Waals surface area contributed by atoms with Crippen molar-refractivity contribution >= 4 is 28.7 Å². The van der Waals surface area contributed by atoms with Gasteiger partial charge in [-0.2, -0.15) is 5.10 Å². The number of benzene rings is 2. The van der Waals surface area contributed by atoms with E-state index in [0.29, 0.717) is 0 Å². The minimum atomic E-state index is 1.01. The van der Waals surface area contributed by atoms with E-state index in [0.717, 1.165) is 30.7 Å². The number of nitrogens with zero attached hydrogens (tertiary/aromatic N) is 3. The van der Waals surface area contributed by atoms with Gasteiger partial charge in [0.2, 0.25) is 0 Å². The first-order chi connectivity index (χ1) is 15.2. The zero-order valence-electron chi connectivity index (χ0n) is 19.1. The molecule has 0 unspecified atom stereocenters. The van der Waals surface area contributed by atoms with Crippen molar-refractivity contribution in [1.29, 1.82) is 0 Å². The first kappa shape index (κ1) is 21.6. The van der Waals surface area contributed by atoms with Gasteiger partial charge in [0.15, 0.2) is 0 Å². The average molecular weight is 417 g/mol. The number of H-pyrrole nitrogens is 1. The normalized spacial score (nSPS) is 14.5. The molecule has 4 heteroatoms. The maximum Gasteiger partial charge on any atom is 0.0927 e. The van der Waals surface area contributed by atoms with Crippen LogP contribution in [-0.4, -0.2) is 48.3 Å². The third kappa shape index (κ3) is 5.76. The van der Waals surface area contributed by atoms with E-state index in [-0.39, 0.29) is 0 Å². The molecule has 2 heterocycles. The van der Waals surface area contributed by atoms with Crippen LogP contribution < -0.4 is 4.90 Å². The van der Waals surface area contributed by atoms with E-state index in [2.05, 4.69) is 88.6 Å². The number of fused-ring (bicyclic) bond motifs is 1. The molecule has 164 valence electrons. The van der Waals surface area contributed by atoms with Crippen LogP contribution in [0.15, 0.2) is 42.5 Å². The summed E-state index contributed by atoms with van der Waals surface area (Å²) in [5.41, 5.74) is 6.09. The molecular formula is C27H36N4. The lowest BCUT2D eigenvalue weighted by Gasteiger charge is -2.17. The van der Waals surface area contributed by atoms with Crippen molar-refractivity contribution in [2.24, 2.45) is 0 Å². The molecule has 31 heavy (non-hydrogen) atoms. The third-order valence-corrected chi connectivity index (χ3v) is 6.29. The molecule has 1 saturated heterocycles. The Morgan fingerprint density at radius 3 is 2.74 bits per heavy atom. The fourth-order valence-corrected chi connectivity index (χ4v) is 4.56. The molecule has 1 aromatic heterocycles. The maximum absolute atomic E-state index is 4.56. The molecule has 0 radical (unpaired) electrons. The van der Waals surface area contributed by atoms with Gasteiger partial charge in [-0.3, -0.25) is 5.10 Å². The number of aromatic amines is 1. The summed E-state index contributed by atoms with van der Waals surface area (Å²) in [7, 11) is 2.22. The molecule has 3 aromatic rings. The van der Waals surface area contributed by atoms with E-state index in [1.165, 1.54) is 67.4 Å². The molecule has 0 bridgehead atoms. The summed E-state index contributed by atoms with van der Waals surface area (Å²) in [6.45, 7) is 6.96. The highest BCUT2D eigenvalue weighted by atomic mass is 15.2. The number of nitrogens with one attached hydrogen (secondary N) is 1. The van der Waals surface area contributed by atoms with Crippen molar-refractivity contribution in [3.63, 3.8) is 0 Å². The van der Waals surface area contributed by atoms with Crippen LogP contribution in [0.25, 0.3) is 23.1 Å². The van der Waals surface area contributed by atoms with Gasteiger partial charge in [0.05, 0.1) is 11.2 Å². The Morgan fingerprint density at radius 1 is 1.03 bits per heavy atom. The number of aryl methyl sites for hydroxylation is 1. The number of hydrogen-bond donors (Lipinski definition) is 1. The fourth-order valence-electron chi connectivity index (χ4n) is 4.56. The first-order valence-electron chi connectivity index (χ1n) is 11.9. The second kappa shape index (κ2) is 10.6. The standard InChI is InChI=1S/C27H36N4/c1-3-16-30(2)17-5-4-9-22-10-8-11-23(20-22)12-15-26-25-14-13-24(21-27(25)29-28-26)31-18-6-7-19-31/h8,10-15,20-21H,3-7,9,16-19H2,1-2H3,(H,28,29)/b15-12+. The van der Waals surface area contributed by atoms with Gasteiger partial charge in [-0.25, -0.2) is 0 Å². The largest absolute Gasteiger partial charge is 0.371 e. The van der Waals surface area contributed by atoms with Crippen molar-refractivity contribution < 1.29 is 0 Å². The summed E-state index contributed by atoms with van der Waals surface area (Å²) in [4.78, 5) is 4.89. The molecule has 0 aliphatic carbocycles. The maximum atomic E-state index is 4.56. The van der Waals surface area contributed by atoms with Crippen LogP contribution in [0.5, 0.6) is 0 Å². The Bertz CT molecular complexity index is 997. The molecule has 1 N–H and O–H groups in total. The highest BCUT2D eigenvalue weighted by Crippen LogP contribution is 2.26. The summed E-state index contributed by atoms with van der Waals surface area (Å²) in [6.07, 6.45) is 11.8. The summed E-state index contributed by atoms with van der Waals surface area (Å²) in [5, 5.41) is 8.96. The van der Waals surface area contributed by atoms with Crippen LogP contribution >= 0.6 is 0 Å². The van der Waals surface area contributed by atoms with Crippen molar-refractivity contribution in [2.75, 3.05) is 38.1 Å². The monoisotopic (exact) mass is 416 g/mol. The second-order valence-corrected chi connectivity index (χ2v) is 8.87. The summed E-state index contributed by atoms with van der Waals surface area (Å²) in [5.74, 6) is 0. The lowest BCUT2D eigenvalue weighted by molar-refractivity contribution is 0.326. The van der Waals surface area contributed by atoms with Gasteiger partial charge in [0, 0.05) is 24.2 Å². The van der Waals surface area contributed by atoms with Gasteiger partial charge >= 0.3 is 0 Å². The van der Waals surface area contributed by atoms with E-state index >= 15 is 0 Å². The molecule has 0 saturated carbocycles. The fraction of sp³-hybridized carbons (Fsp3) is 0.444. The van der Waals surface area contributed by atoms with Crippen LogP contribution in [0, 0.1) is 0 Å². The molecule has 0 atom stereocenters. The molecule has 2 aromatic carbocycles. The van der Waals surface area contributed by atoms with E-state index in [9.17, 15) is 0 Å². The summed E-state index contributed by atoms with van der Waals surface area (Å²) >= 11 is 0. The Labute approximate surface area is 187 Å². The number of aromatic nitrogens is 2. The van der Waals surface area contributed by atoms with Crippen molar-refractivity contribution in [2.45, 2.75) is 45.4 Å². The number of anilines is 1. The zero-order chi connectivity index (χ0) is 21.5. The zero-order valence-corrected chi connectivity index (χ0v) is 19.1. The first-order valence-corrected chi connectivity index (χ1v) is 11.9. The predicted molar refractivity (Wildman–Crippen MR) is 134 cm³/mol. The highest BCUT2D eigenvalue weighted by molar-refractivity contribution is 5.91. The van der Waals surface area contributed by atoms with Gasteiger partial charge < -0.3 is 9.80 Å². The van der Waals surface area contributed by atoms with Gasteiger partial charge in [-0.15, -0.1) is 0 Å². The average Bonchev–Trinajstić information content (AvgIpc) is 3.46. The second-order valence-electron chi connectivity index (χ2n) is 8.87. The lowest BCUT2D eigenvalue weighted by atomic mass is 10.0. The van der Waals surface area contributed by atoms with Crippen molar-refractivity contribution in [3.8, 4) is 0 Å². The molecule has 0 amide bonds. The molecule has 4 nitrogen and oxygen atoms in total. The quantitative estimate of drug-likeness (QED) is 0.412. The highest BCUT2D eigenvalue weighted by Gasteiger charge is 2.13. The summed E-state index contributed by atoms with van der Waals surface area (Å²) in [6, 6.07) is 15.6. The predicted octanol–water partition coefficient (Wildman–Crippen LogP) is 6.00. The van der Waals surface area contributed by atoms with Gasteiger partial charge in [-0.1, -0.05) is 37.3 Å². The molecule has 1 aliphatic heterocycles. The van der Waals surface area contributed by atoms with Crippen LogP contribution in [0.2, 0.25) is 0 Å². The van der Waals surface area contributed by atoms with Crippen LogP contribution in [0.3, 0.4) is 0 Å². The molecule has 0 spiro atoms. The Hall–Kier alpha value is -2.59. The molecule has 1 fully saturated rings.